The second kappa shape index (κ2) is 8.34. The van der Waals surface area contributed by atoms with Gasteiger partial charge in [0.15, 0.2) is 0 Å². The molecule has 0 aliphatic rings. The number of halogens is 3. The lowest BCUT2D eigenvalue weighted by molar-refractivity contribution is 0.102. The quantitative estimate of drug-likeness (QED) is 0.669. The van der Waals surface area contributed by atoms with Crippen LogP contribution in [0.25, 0.3) is 0 Å². The zero-order valence-electron chi connectivity index (χ0n) is 12.8. The molecule has 4 nitrogen and oxygen atoms in total. The number of ether oxygens (including phenoxy) is 2. The molecule has 0 atom stereocenters. The van der Waals surface area contributed by atoms with Crippen LogP contribution in [0.5, 0.6) is 11.5 Å². The molecule has 2 aromatic rings. The monoisotopic (exact) mass is 417 g/mol. The number of hydrogen-bond acceptors (Lipinski definition) is 4. The number of methoxy groups -OCH3 is 2. The molecule has 24 heavy (non-hydrogen) atoms. The van der Waals surface area contributed by atoms with Crippen LogP contribution >= 0.6 is 27.7 Å². The van der Waals surface area contributed by atoms with Crippen LogP contribution in [-0.2, 0) is 0 Å². The summed E-state index contributed by atoms with van der Waals surface area (Å²) in [5.41, 5.74) is 0.741. The van der Waals surface area contributed by atoms with Crippen LogP contribution in [0.15, 0.2) is 45.8 Å². The lowest BCUT2D eigenvalue weighted by Gasteiger charge is -2.12. The number of benzene rings is 2. The van der Waals surface area contributed by atoms with Gasteiger partial charge in [-0.05, 0) is 46.3 Å². The van der Waals surface area contributed by atoms with Gasteiger partial charge in [0.1, 0.15) is 16.0 Å². The van der Waals surface area contributed by atoms with Crippen molar-refractivity contribution in [2.75, 3.05) is 19.5 Å². The van der Waals surface area contributed by atoms with Crippen molar-refractivity contribution in [1.29, 1.82) is 0 Å². The minimum Gasteiger partial charge on any atom is -0.495 e. The van der Waals surface area contributed by atoms with E-state index < -0.39 is 11.7 Å². The molecule has 0 fully saturated rings. The average Bonchev–Trinajstić information content (AvgIpc) is 2.54. The summed E-state index contributed by atoms with van der Waals surface area (Å²) < 4.78 is 35.8. The number of carbonyl (C=O) groups excluding carboxylic acids is 1. The van der Waals surface area contributed by atoms with Gasteiger partial charge in [-0.3, -0.25) is 4.79 Å². The number of carbonyl (C=O) groups is 1. The van der Waals surface area contributed by atoms with Crippen LogP contribution in [-0.4, -0.2) is 25.9 Å². The van der Waals surface area contributed by atoms with Gasteiger partial charge in [0.05, 0.1) is 14.2 Å². The standard InChI is InChI=1S/C16H14BrF2NO3S/c1-22-12-6-9(7-13(23-2)14(12)17)15(21)20-10-4-3-5-11(8-10)24-16(18)19/h3-8,16H,1-2H3,(H,20,21). The molecule has 0 saturated heterocycles. The molecule has 0 aromatic heterocycles. The first-order valence-corrected chi connectivity index (χ1v) is 8.39. The van der Waals surface area contributed by atoms with Gasteiger partial charge in [0.25, 0.3) is 11.7 Å². The van der Waals surface area contributed by atoms with E-state index in [2.05, 4.69) is 21.2 Å². The number of nitrogens with one attached hydrogen (secondary N) is 1. The van der Waals surface area contributed by atoms with Crippen LogP contribution in [0.2, 0.25) is 0 Å². The fraction of sp³-hybridized carbons (Fsp3) is 0.188. The molecule has 8 heteroatoms. The maximum Gasteiger partial charge on any atom is 0.288 e. The van der Waals surface area contributed by atoms with Crippen LogP contribution in [0.4, 0.5) is 14.5 Å². The molecule has 1 amide bonds. The van der Waals surface area contributed by atoms with Crippen molar-refractivity contribution in [3.63, 3.8) is 0 Å². The zero-order valence-corrected chi connectivity index (χ0v) is 15.2. The number of amides is 1. The normalized spacial score (nSPS) is 10.6. The number of anilines is 1. The van der Waals surface area contributed by atoms with E-state index >= 15 is 0 Å². The Balaban J connectivity index is 2.24. The Morgan fingerprint density at radius 2 is 1.79 bits per heavy atom. The first-order valence-electron chi connectivity index (χ1n) is 6.72. The number of rotatable bonds is 6. The van der Waals surface area contributed by atoms with Gasteiger partial charge in [-0.15, -0.1) is 0 Å². The molecule has 0 radical (unpaired) electrons. The zero-order chi connectivity index (χ0) is 17.7. The maximum atomic E-state index is 12.4. The van der Waals surface area contributed by atoms with Gasteiger partial charge < -0.3 is 14.8 Å². The van der Waals surface area contributed by atoms with Crippen molar-refractivity contribution in [2.45, 2.75) is 10.7 Å². The Hall–Kier alpha value is -1.80. The minimum atomic E-state index is -2.52. The fourth-order valence-corrected chi connectivity index (χ4v) is 3.06. The van der Waals surface area contributed by atoms with Crippen molar-refractivity contribution in [3.05, 3.63) is 46.4 Å². The molecule has 2 rings (SSSR count). The van der Waals surface area contributed by atoms with E-state index in [0.29, 0.717) is 43.9 Å². The maximum absolute atomic E-state index is 12.4. The van der Waals surface area contributed by atoms with Crippen LogP contribution < -0.4 is 14.8 Å². The lowest BCUT2D eigenvalue weighted by atomic mass is 10.1. The first kappa shape index (κ1) is 18.5. The average molecular weight is 418 g/mol. The molecule has 1 N–H and O–H groups in total. The van der Waals surface area contributed by atoms with Gasteiger partial charge in [-0.2, -0.15) is 8.78 Å². The SMILES string of the molecule is COc1cc(C(=O)Nc2cccc(SC(F)F)c2)cc(OC)c1Br. The second-order valence-electron chi connectivity index (χ2n) is 4.56. The van der Waals surface area contributed by atoms with Crippen LogP contribution in [0.3, 0.4) is 0 Å². The molecule has 128 valence electrons. The third-order valence-electron chi connectivity index (χ3n) is 3.02. The van der Waals surface area contributed by atoms with Crippen LogP contribution in [0.1, 0.15) is 10.4 Å². The van der Waals surface area contributed by atoms with Gasteiger partial charge in [-0.25, -0.2) is 0 Å². The molecule has 0 heterocycles. The van der Waals surface area contributed by atoms with Gasteiger partial charge >= 0.3 is 0 Å². The molecule has 0 aliphatic heterocycles. The Morgan fingerprint density at radius 3 is 2.33 bits per heavy atom. The summed E-state index contributed by atoms with van der Waals surface area (Å²) in [4.78, 5) is 12.8. The molecular weight excluding hydrogens is 404 g/mol. The molecular formula is C16H14BrF2NO3S. The van der Waals surface area contributed by atoms with Crippen molar-refractivity contribution < 1.29 is 23.0 Å². The van der Waals surface area contributed by atoms with E-state index in [9.17, 15) is 13.6 Å². The second-order valence-corrected chi connectivity index (χ2v) is 6.41. The topological polar surface area (TPSA) is 47.6 Å². The van der Waals surface area contributed by atoms with E-state index in [1.165, 1.54) is 20.3 Å². The Labute approximate surface area is 150 Å². The highest BCUT2D eigenvalue weighted by Crippen LogP contribution is 2.36. The summed E-state index contributed by atoms with van der Waals surface area (Å²) in [6, 6.07) is 9.38. The van der Waals surface area contributed by atoms with Crippen LogP contribution in [0, 0.1) is 0 Å². The Kier molecular flexibility index (Phi) is 6.44. The predicted molar refractivity (Wildman–Crippen MR) is 93.5 cm³/mol. The Morgan fingerprint density at radius 1 is 1.17 bits per heavy atom. The predicted octanol–water partition coefficient (Wildman–Crippen LogP) is 5.03. The molecule has 0 aliphatic carbocycles. The van der Waals surface area contributed by atoms with Crippen molar-refractivity contribution >= 4 is 39.3 Å². The molecule has 0 saturated carbocycles. The molecule has 2 aromatic carbocycles. The summed E-state index contributed by atoms with van der Waals surface area (Å²) >= 11 is 3.75. The van der Waals surface area contributed by atoms with Crippen molar-refractivity contribution in [2.24, 2.45) is 0 Å². The number of hydrogen-bond donors (Lipinski definition) is 1. The summed E-state index contributed by atoms with van der Waals surface area (Å²) in [6.07, 6.45) is 0. The summed E-state index contributed by atoms with van der Waals surface area (Å²) in [6.45, 7) is 0. The van der Waals surface area contributed by atoms with E-state index in [1.54, 1.807) is 30.3 Å². The number of thioether (sulfide) groups is 1. The summed E-state index contributed by atoms with van der Waals surface area (Å²) in [5, 5.41) is 2.67. The Bertz CT molecular complexity index is 718. The van der Waals surface area contributed by atoms with Gasteiger partial charge in [-0.1, -0.05) is 17.8 Å². The van der Waals surface area contributed by atoms with Crippen molar-refractivity contribution in [3.8, 4) is 11.5 Å². The highest BCUT2D eigenvalue weighted by atomic mass is 79.9. The third-order valence-corrected chi connectivity index (χ3v) is 4.51. The highest BCUT2D eigenvalue weighted by Gasteiger charge is 2.15. The van der Waals surface area contributed by atoms with E-state index in [1.807, 2.05) is 0 Å². The van der Waals surface area contributed by atoms with E-state index in [-0.39, 0.29) is 0 Å². The van der Waals surface area contributed by atoms with Crippen molar-refractivity contribution in [1.82, 2.24) is 0 Å². The summed E-state index contributed by atoms with van der Waals surface area (Å²) in [7, 11) is 2.96. The van der Waals surface area contributed by atoms with Gasteiger partial charge in [0.2, 0.25) is 0 Å². The molecule has 0 bridgehead atoms. The summed E-state index contributed by atoms with van der Waals surface area (Å²) in [5.74, 6) is -2.03. The largest absolute Gasteiger partial charge is 0.495 e. The highest BCUT2D eigenvalue weighted by molar-refractivity contribution is 9.10. The lowest BCUT2D eigenvalue weighted by Crippen LogP contribution is -2.12. The van der Waals surface area contributed by atoms with E-state index in [4.69, 9.17) is 9.47 Å². The fourth-order valence-electron chi connectivity index (χ4n) is 1.95. The molecule has 0 unspecified atom stereocenters. The first-order chi connectivity index (χ1) is 11.4. The third kappa shape index (κ3) is 4.61. The smallest absolute Gasteiger partial charge is 0.288 e. The molecule has 0 spiro atoms. The van der Waals surface area contributed by atoms with Gasteiger partial charge in [0, 0.05) is 16.1 Å². The van der Waals surface area contributed by atoms with E-state index in [0.717, 1.165) is 0 Å². The minimum absolute atomic E-state index is 0.318. The number of alkyl halides is 2.